The molecule has 23 heavy (non-hydrogen) atoms. The van der Waals surface area contributed by atoms with Gasteiger partial charge < -0.3 is 5.11 Å². The van der Waals surface area contributed by atoms with Crippen molar-refractivity contribution in [2.45, 2.75) is 103 Å². The van der Waals surface area contributed by atoms with E-state index in [0.717, 1.165) is 12.8 Å². The van der Waals surface area contributed by atoms with Crippen molar-refractivity contribution >= 4 is 5.78 Å². The molecular formula is C21H38O2. The predicted octanol–water partition coefficient (Wildman–Crippen LogP) is 5.98. The first-order chi connectivity index (χ1) is 11.2. The molecule has 134 valence electrons. The normalized spacial score (nSPS) is 18.3. The maximum atomic E-state index is 11.4. The highest BCUT2D eigenvalue weighted by atomic mass is 16.2. The van der Waals surface area contributed by atoms with E-state index in [9.17, 15) is 4.79 Å². The first-order valence-corrected chi connectivity index (χ1v) is 10.1. The van der Waals surface area contributed by atoms with Crippen molar-refractivity contribution in [3.63, 3.8) is 0 Å². The Bertz CT molecular complexity index is 333. The van der Waals surface area contributed by atoms with Crippen LogP contribution in [-0.2, 0) is 4.79 Å². The van der Waals surface area contributed by atoms with E-state index in [4.69, 9.17) is 5.11 Å². The molecule has 2 nitrogen and oxygen atoms in total. The zero-order valence-electron chi connectivity index (χ0n) is 15.3. The predicted molar refractivity (Wildman–Crippen MR) is 98.6 cm³/mol. The standard InChI is InChI=1S/C21H38O2/c1-19-18-21(23)16-15-20(19)14-12-10-8-6-4-2-3-5-7-9-11-13-17-22/h15,19,22H,2-14,16-18H2,1H3. The minimum Gasteiger partial charge on any atom is -0.396 e. The van der Waals surface area contributed by atoms with Crippen molar-refractivity contribution in [2.24, 2.45) is 5.92 Å². The van der Waals surface area contributed by atoms with Gasteiger partial charge in [0.15, 0.2) is 0 Å². The van der Waals surface area contributed by atoms with Gasteiger partial charge in [0.2, 0.25) is 0 Å². The maximum Gasteiger partial charge on any atom is 0.137 e. The Hall–Kier alpha value is -0.630. The van der Waals surface area contributed by atoms with Gasteiger partial charge in [0, 0.05) is 19.4 Å². The number of carbonyl (C=O) groups is 1. The third kappa shape index (κ3) is 10.7. The number of carbonyl (C=O) groups excluding carboxylic acids is 1. The molecule has 0 amide bonds. The summed E-state index contributed by atoms with van der Waals surface area (Å²) in [5.41, 5.74) is 1.53. The lowest BCUT2D eigenvalue weighted by Crippen LogP contribution is -2.12. The molecule has 1 rings (SSSR count). The van der Waals surface area contributed by atoms with Crippen molar-refractivity contribution in [3.8, 4) is 0 Å². The molecular weight excluding hydrogens is 284 g/mol. The van der Waals surface area contributed by atoms with E-state index in [0.29, 0.717) is 24.7 Å². The van der Waals surface area contributed by atoms with E-state index in [2.05, 4.69) is 13.0 Å². The Morgan fingerprint density at radius 3 is 1.83 bits per heavy atom. The molecule has 2 heteroatoms. The third-order valence-electron chi connectivity index (χ3n) is 5.13. The van der Waals surface area contributed by atoms with Crippen molar-refractivity contribution in [3.05, 3.63) is 11.6 Å². The van der Waals surface area contributed by atoms with Gasteiger partial charge in [-0.2, -0.15) is 0 Å². The van der Waals surface area contributed by atoms with Gasteiger partial charge in [-0.1, -0.05) is 82.8 Å². The van der Waals surface area contributed by atoms with Crippen LogP contribution >= 0.6 is 0 Å². The quantitative estimate of drug-likeness (QED) is 0.316. The summed E-state index contributed by atoms with van der Waals surface area (Å²) >= 11 is 0. The molecule has 1 aliphatic carbocycles. The zero-order valence-corrected chi connectivity index (χ0v) is 15.3. The largest absolute Gasteiger partial charge is 0.396 e. The van der Waals surface area contributed by atoms with Crippen LogP contribution in [0.25, 0.3) is 0 Å². The van der Waals surface area contributed by atoms with Crippen LogP contribution in [0.15, 0.2) is 11.6 Å². The second kappa shape index (κ2) is 13.8. The fourth-order valence-corrected chi connectivity index (χ4v) is 3.56. The van der Waals surface area contributed by atoms with E-state index in [1.807, 2.05) is 0 Å². The number of ketones is 1. The van der Waals surface area contributed by atoms with Gasteiger partial charge >= 0.3 is 0 Å². The van der Waals surface area contributed by atoms with E-state index >= 15 is 0 Å². The lowest BCUT2D eigenvalue weighted by molar-refractivity contribution is -0.119. The molecule has 0 aromatic carbocycles. The van der Waals surface area contributed by atoms with Gasteiger partial charge in [-0.3, -0.25) is 4.79 Å². The summed E-state index contributed by atoms with van der Waals surface area (Å²) in [7, 11) is 0. The molecule has 0 aliphatic heterocycles. The van der Waals surface area contributed by atoms with Crippen LogP contribution in [0, 0.1) is 5.92 Å². The Kier molecular flexibility index (Phi) is 12.2. The molecule has 1 unspecified atom stereocenters. The average molecular weight is 323 g/mol. The molecule has 0 bridgehead atoms. The highest BCUT2D eigenvalue weighted by Crippen LogP contribution is 2.26. The molecule has 0 saturated carbocycles. The summed E-state index contributed by atoms with van der Waals surface area (Å²) in [4.78, 5) is 11.4. The molecule has 0 spiro atoms. The first kappa shape index (κ1) is 20.4. The molecule has 0 radical (unpaired) electrons. The van der Waals surface area contributed by atoms with Gasteiger partial charge in [-0.15, -0.1) is 0 Å². The minimum atomic E-state index is 0.355. The molecule has 0 fully saturated rings. The van der Waals surface area contributed by atoms with Crippen molar-refractivity contribution in [1.82, 2.24) is 0 Å². The highest BCUT2D eigenvalue weighted by Gasteiger charge is 2.17. The SMILES string of the molecule is CC1CC(=O)CC=C1CCCCCCCCCCCCCCO. The van der Waals surface area contributed by atoms with Crippen LogP contribution in [0.5, 0.6) is 0 Å². The topological polar surface area (TPSA) is 37.3 Å². The number of unbranched alkanes of at least 4 members (excludes halogenated alkanes) is 11. The molecule has 1 aliphatic rings. The molecule has 1 atom stereocenters. The van der Waals surface area contributed by atoms with Crippen LogP contribution in [0.3, 0.4) is 0 Å². The van der Waals surface area contributed by atoms with Crippen LogP contribution in [0.4, 0.5) is 0 Å². The number of rotatable bonds is 14. The Morgan fingerprint density at radius 1 is 0.870 bits per heavy atom. The van der Waals surface area contributed by atoms with E-state index in [1.165, 1.54) is 82.6 Å². The lowest BCUT2D eigenvalue weighted by atomic mass is 9.85. The van der Waals surface area contributed by atoms with Gasteiger partial charge in [0.1, 0.15) is 5.78 Å². The molecule has 0 saturated heterocycles. The van der Waals surface area contributed by atoms with Gasteiger partial charge in [0.25, 0.3) is 0 Å². The smallest absolute Gasteiger partial charge is 0.137 e. The van der Waals surface area contributed by atoms with Gasteiger partial charge in [-0.05, 0) is 25.2 Å². The molecule has 0 aromatic rings. The summed E-state index contributed by atoms with van der Waals surface area (Å²) < 4.78 is 0. The summed E-state index contributed by atoms with van der Waals surface area (Å²) in [6.45, 7) is 2.56. The summed E-state index contributed by atoms with van der Waals surface area (Å²) in [5.74, 6) is 0.906. The van der Waals surface area contributed by atoms with Crippen molar-refractivity contribution in [1.29, 1.82) is 0 Å². The Balaban J connectivity index is 1.82. The second-order valence-electron chi connectivity index (χ2n) is 7.34. The van der Waals surface area contributed by atoms with Crippen LogP contribution in [-0.4, -0.2) is 17.5 Å². The maximum absolute atomic E-state index is 11.4. The summed E-state index contributed by atoms with van der Waals surface area (Å²) in [5, 5.41) is 8.71. The molecule has 1 N–H and O–H groups in total. The number of Topliss-reactive ketones (excluding diaryl/α,β-unsaturated/α-hetero) is 1. The highest BCUT2D eigenvalue weighted by molar-refractivity contribution is 5.81. The minimum absolute atomic E-state index is 0.355. The van der Waals surface area contributed by atoms with Crippen LogP contribution < -0.4 is 0 Å². The fraction of sp³-hybridized carbons (Fsp3) is 0.857. The number of aliphatic hydroxyl groups is 1. The average Bonchev–Trinajstić information content (AvgIpc) is 2.53. The monoisotopic (exact) mass is 322 g/mol. The van der Waals surface area contributed by atoms with E-state index in [-0.39, 0.29) is 0 Å². The van der Waals surface area contributed by atoms with Crippen molar-refractivity contribution in [2.75, 3.05) is 6.61 Å². The van der Waals surface area contributed by atoms with Gasteiger partial charge in [-0.25, -0.2) is 0 Å². The van der Waals surface area contributed by atoms with Crippen molar-refractivity contribution < 1.29 is 9.90 Å². The third-order valence-corrected chi connectivity index (χ3v) is 5.13. The Morgan fingerprint density at radius 2 is 1.35 bits per heavy atom. The lowest BCUT2D eigenvalue weighted by Gasteiger charge is -2.19. The summed E-state index contributed by atoms with van der Waals surface area (Å²) in [6.07, 6.45) is 20.6. The van der Waals surface area contributed by atoms with E-state index < -0.39 is 0 Å². The van der Waals surface area contributed by atoms with Crippen LogP contribution in [0.1, 0.15) is 103 Å². The molecule has 0 aromatic heterocycles. The van der Waals surface area contributed by atoms with Gasteiger partial charge in [0.05, 0.1) is 0 Å². The first-order valence-electron chi connectivity index (χ1n) is 10.1. The Labute approximate surface area is 143 Å². The van der Waals surface area contributed by atoms with E-state index in [1.54, 1.807) is 0 Å². The molecule has 0 heterocycles. The number of allylic oxidation sites excluding steroid dienone is 2. The fourth-order valence-electron chi connectivity index (χ4n) is 3.56. The number of aliphatic hydroxyl groups excluding tert-OH is 1. The number of hydrogen-bond acceptors (Lipinski definition) is 2. The summed E-state index contributed by atoms with van der Waals surface area (Å²) in [6, 6.07) is 0. The second-order valence-corrected chi connectivity index (χ2v) is 7.34. The number of hydrogen-bond donors (Lipinski definition) is 1. The van der Waals surface area contributed by atoms with Crippen LogP contribution in [0.2, 0.25) is 0 Å². The zero-order chi connectivity index (χ0) is 16.8.